The maximum atomic E-state index is 11.7. The topological polar surface area (TPSA) is 108 Å². The van der Waals surface area contributed by atoms with Crippen LogP contribution in [0.15, 0.2) is 0 Å². The van der Waals surface area contributed by atoms with Crippen molar-refractivity contribution in [3.63, 3.8) is 0 Å². The Morgan fingerprint density at radius 3 is 1.93 bits per heavy atom. The van der Waals surface area contributed by atoms with Gasteiger partial charge in [0.15, 0.2) is 12.4 Å². The Kier molecular flexibility index (Phi) is 6.82. The third-order valence-corrected chi connectivity index (χ3v) is 4.90. The van der Waals surface area contributed by atoms with Crippen LogP contribution in [0.4, 0.5) is 0 Å². The summed E-state index contributed by atoms with van der Waals surface area (Å²) in [5, 5.41) is 0. The first kappa shape index (κ1) is 22.0. The lowest BCUT2D eigenvalue weighted by Crippen LogP contribution is -2.73. The number of carbonyl (C=O) groups is 2. The van der Waals surface area contributed by atoms with Gasteiger partial charge < -0.3 is 37.9 Å². The van der Waals surface area contributed by atoms with Crippen molar-refractivity contribution in [3.05, 3.63) is 0 Å². The lowest BCUT2D eigenvalue weighted by Gasteiger charge is -2.56. The molecular formula is C17H28O10. The first-order valence-corrected chi connectivity index (χ1v) is 8.55. The maximum absolute atomic E-state index is 11.7. The van der Waals surface area contributed by atoms with Crippen LogP contribution < -0.4 is 0 Å². The Balaban J connectivity index is 2.38. The molecule has 0 aromatic heterocycles. The van der Waals surface area contributed by atoms with Gasteiger partial charge in [-0.2, -0.15) is 0 Å². The third-order valence-electron chi connectivity index (χ3n) is 4.90. The standard InChI is InChI=1S/C17H28O10/c1-9(18)23-8-11-12(24-10(2)19)13-14(15(20-5)25-11)27-17(4,22-7)16(3,21-6)26-13/h11-15H,8H2,1-7H3/t11-,12+,13+,14-,15+,16-,17-/m0/s1. The molecule has 0 aliphatic carbocycles. The minimum absolute atomic E-state index is 0.148. The van der Waals surface area contributed by atoms with E-state index in [0.717, 1.165) is 0 Å². The van der Waals surface area contributed by atoms with Crippen molar-refractivity contribution >= 4 is 11.9 Å². The molecule has 2 aliphatic rings. The molecule has 0 radical (unpaired) electrons. The highest BCUT2D eigenvalue weighted by Gasteiger charge is 2.63. The molecule has 10 heteroatoms. The summed E-state index contributed by atoms with van der Waals surface area (Å²) in [4.78, 5) is 22.9. The van der Waals surface area contributed by atoms with Crippen molar-refractivity contribution in [2.24, 2.45) is 0 Å². The van der Waals surface area contributed by atoms with Crippen molar-refractivity contribution < 1.29 is 47.5 Å². The van der Waals surface area contributed by atoms with Gasteiger partial charge in [0, 0.05) is 35.2 Å². The molecule has 2 fully saturated rings. The predicted molar refractivity (Wildman–Crippen MR) is 88.4 cm³/mol. The second-order valence-corrected chi connectivity index (χ2v) is 6.62. The van der Waals surface area contributed by atoms with Crippen LogP contribution in [0.25, 0.3) is 0 Å². The first-order chi connectivity index (χ1) is 12.6. The molecule has 2 aliphatic heterocycles. The highest BCUT2D eigenvalue weighted by Crippen LogP contribution is 2.44. The van der Waals surface area contributed by atoms with Gasteiger partial charge in [-0.25, -0.2) is 0 Å². The van der Waals surface area contributed by atoms with E-state index < -0.39 is 54.2 Å². The van der Waals surface area contributed by atoms with Gasteiger partial charge in [-0.3, -0.25) is 9.59 Å². The quantitative estimate of drug-likeness (QED) is 0.588. The molecule has 0 saturated carbocycles. The summed E-state index contributed by atoms with van der Waals surface area (Å²) in [5.74, 6) is -3.64. The van der Waals surface area contributed by atoms with E-state index >= 15 is 0 Å². The zero-order valence-electron chi connectivity index (χ0n) is 16.7. The first-order valence-electron chi connectivity index (χ1n) is 8.55. The fourth-order valence-electron chi connectivity index (χ4n) is 3.20. The van der Waals surface area contributed by atoms with E-state index in [1.807, 2.05) is 0 Å². The number of ether oxygens (including phenoxy) is 8. The van der Waals surface area contributed by atoms with Gasteiger partial charge in [0.2, 0.25) is 11.6 Å². The van der Waals surface area contributed by atoms with Crippen LogP contribution in [0.5, 0.6) is 0 Å². The van der Waals surface area contributed by atoms with E-state index in [1.165, 1.54) is 35.2 Å². The zero-order chi connectivity index (χ0) is 20.4. The monoisotopic (exact) mass is 392 g/mol. The van der Waals surface area contributed by atoms with Gasteiger partial charge in [-0.1, -0.05) is 0 Å². The molecule has 2 rings (SSSR count). The Labute approximate surface area is 158 Å². The SMILES string of the molecule is CO[C@@H]1O[C@@H](COC(C)=O)[C@@H](OC(C)=O)[C@H]2O[C@](C)(OC)[C@@](C)(OC)O[C@H]12. The average Bonchev–Trinajstić information content (AvgIpc) is 2.61. The minimum Gasteiger partial charge on any atom is -0.463 e. The van der Waals surface area contributed by atoms with Gasteiger partial charge in [0.05, 0.1) is 0 Å². The second-order valence-electron chi connectivity index (χ2n) is 6.62. The summed E-state index contributed by atoms with van der Waals surface area (Å²) in [6, 6.07) is 0. The van der Waals surface area contributed by atoms with E-state index in [-0.39, 0.29) is 6.61 Å². The number of hydrogen-bond acceptors (Lipinski definition) is 10. The van der Waals surface area contributed by atoms with Crippen molar-refractivity contribution in [3.8, 4) is 0 Å². The molecule has 27 heavy (non-hydrogen) atoms. The molecule has 0 spiro atoms. The van der Waals surface area contributed by atoms with Gasteiger partial charge in [-0.15, -0.1) is 0 Å². The zero-order valence-corrected chi connectivity index (χ0v) is 16.7. The van der Waals surface area contributed by atoms with Crippen LogP contribution in [0, 0.1) is 0 Å². The lowest BCUT2D eigenvalue weighted by atomic mass is 9.94. The molecule has 0 aromatic carbocycles. The van der Waals surface area contributed by atoms with Crippen molar-refractivity contribution in [2.45, 2.75) is 70.0 Å². The number of methoxy groups -OCH3 is 3. The normalized spacial score (nSPS) is 41.5. The predicted octanol–water partition coefficient (Wildman–Crippen LogP) is 0.362. The minimum atomic E-state index is -1.32. The van der Waals surface area contributed by atoms with E-state index in [2.05, 4.69) is 0 Å². The van der Waals surface area contributed by atoms with E-state index in [9.17, 15) is 9.59 Å². The summed E-state index contributed by atoms with van der Waals surface area (Å²) < 4.78 is 45.0. The number of carbonyl (C=O) groups excluding carboxylic acids is 2. The molecule has 7 atom stereocenters. The number of fused-ring (bicyclic) bond motifs is 1. The molecule has 0 N–H and O–H groups in total. The molecule has 0 amide bonds. The molecule has 2 saturated heterocycles. The molecule has 2 heterocycles. The molecule has 0 unspecified atom stereocenters. The summed E-state index contributed by atoms with van der Waals surface area (Å²) in [7, 11) is 4.35. The van der Waals surface area contributed by atoms with Crippen LogP contribution in [0.2, 0.25) is 0 Å². The summed E-state index contributed by atoms with van der Waals surface area (Å²) in [5.41, 5.74) is 0. The van der Waals surface area contributed by atoms with Crippen LogP contribution in [0.1, 0.15) is 27.7 Å². The smallest absolute Gasteiger partial charge is 0.303 e. The molecular weight excluding hydrogens is 364 g/mol. The van der Waals surface area contributed by atoms with Crippen molar-refractivity contribution in [1.82, 2.24) is 0 Å². The van der Waals surface area contributed by atoms with Crippen LogP contribution in [-0.2, 0) is 47.5 Å². The maximum Gasteiger partial charge on any atom is 0.303 e. The van der Waals surface area contributed by atoms with Crippen molar-refractivity contribution in [2.75, 3.05) is 27.9 Å². The van der Waals surface area contributed by atoms with E-state index in [1.54, 1.807) is 13.8 Å². The van der Waals surface area contributed by atoms with Crippen molar-refractivity contribution in [1.29, 1.82) is 0 Å². The Morgan fingerprint density at radius 2 is 1.48 bits per heavy atom. The highest BCUT2D eigenvalue weighted by molar-refractivity contribution is 5.66. The average molecular weight is 392 g/mol. The lowest BCUT2D eigenvalue weighted by molar-refractivity contribution is -0.483. The van der Waals surface area contributed by atoms with Crippen LogP contribution in [0.3, 0.4) is 0 Å². The fraction of sp³-hybridized carbons (Fsp3) is 0.882. The van der Waals surface area contributed by atoms with Gasteiger partial charge in [0.25, 0.3) is 0 Å². The summed E-state index contributed by atoms with van der Waals surface area (Å²) in [6.07, 6.45) is -4.23. The molecule has 10 nitrogen and oxygen atoms in total. The largest absolute Gasteiger partial charge is 0.463 e. The Bertz CT molecular complexity index is 554. The summed E-state index contributed by atoms with van der Waals surface area (Å²) >= 11 is 0. The number of rotatable bonds is 6. The fourth-order valence-corrected chi connectivity index (χ4v) is 3.20. The van der Waals surface area contributed by atoms with Crippen LogP contribution in [-0.4, -0.2) is 82.2 Å². The molecule has 0 aromatic rings. The third kappa shape index (κ3) is 4.25. The highest BCUT2D eigenvalue weighted by atomic mass is 16.8. The Morgan fingerprint density at radius 1 is 0.926 bits per heavy atom. The number of hydrogen-bond donors (Lipinski definition) is 0. The molecule has 0 bridgehead atoms. The van der Waals surface area contributed by atoms with E-state index in [4.69, 9.17) is 37.9 Å². The van der Waals surface area contributed by atoms with Crippen LogP contribution >= 0.6 is 0 Å². The van der Waals surface area contributed by atoms with Gasteiger partial charge >= 0.3 is 11.9 Å². The second kappa shape index (κ2) is 8.38. The Hall–Kier alpha value is -1.30. The summed E-state index contributed by atoms with van der Waals surface area (Å²) in [6.45, 7) is 5.69. The number of esters is 2. The molecule has 156 valence electrons. The van der Waals surface area contributed by atoms with E-state index in [0.29, 0.717) is 0 Å². The van der Waals surface area contributed by atoms with Gasteiger partial charge in [-0.05, 0) is 13.8 Å². The van der Waals surface area contributed by atoms with Gasteiger partial charge in [0.1, 0.15) is 24.9 Å².